The highest BCUT2D eigenvalue weighted by Crippen LogP contribution is 2.26. The molecule has 1 amide bonds. The van der Waals surface area contributed by atoms with Crippen molar-refractivity contribution in [3.8, 4) is 18.4 Å². The quantitative estimate of drug-likeness (QED) is 0.786. The lowest BCUT2D eigenvalue weighted by Gasteiger charge is -2.32. The van der Waals surface area contributed by atoms with Gasteiger partial charge in [0, 0.05) is 6.54 Å². The first-order valence-corrected chi connectivity index (χ1v) is 7.22. The molecule has 4 heteroatoms. The Morgan fingerprint density at radius 3 is 2.71 bits per heavy atom. The fourth-order valence-electron chi connectivity index (χ4n) is 3.22. The molecular formula is C17H17N3O. The monoisotopic (exact) mass is 279 g/mol. The summed E-state index contributed by atoms with van der Waals surface area (Å²) in [5, 5.41) is 12.5. The van der Waals surface area contributed by atoms with E-state index in [0.29, 0.717) is 25.8 Å². The Morgan fingerprint density at radius 2 is 2.00 bits per heavy atom. The van der Waals surface area contributed by atoms with Crippen LogP contribution in [-0.4, -0.2) is 28.9 Å². The Kier molecular flexibility index (Phi) is 3.64. The first-order chi connectivity index (χ1) is 10.2. The predicted molar refractivity (Wildman–Crippen MR) is 78.9 cm³/mol. The zero-order valence-electron chi connectivity index (χ0n) is 11.7. The molecule has 0 radical (unpaired) electrons. The molecule has 2 aliphatic heterocycles. The second kappa shape index (κ2) is 5.60. The molecule has 0 saturated carbocycles. The van der Waals surface area contributed by atoms with Crippen LogP contribution in [0.25, 0.3) is 0 Å². The van der Waals surface area contributed by atoms with Gasteiger partial charge in [0.05, 0.1) is 18.2 Å². The number of nitrogens with zero attached hydrogens (tertiary/aromatic N) is 2. The third kappa shape index (κ3) is 2.39. The van der Waals surface area contributed by atoms with E-state index in [2.05, 4.69) is 29.4 Å². The minimum atomic E-state index is -0.391. The van der Waals surface area contributed by atoms with E-state index in [1.54, 1.807) is 4.90 Å². The molecule has 1 saturated heterocycles. The molecule has 0 aromatic heterocycles. The number of nitrogens with one attached hydrogen (secondary N) is 1. The molecule has 3 atom stereocenters. The van der Waals surface area contributed by atoms with Gasteiger partial charge in [-0.3, -0.25) is 4.79 Å². The number of terminal acetylenes is 1. The number of fused-ring (bicyclic) bond motifs is 1. The van der Waals surface area contributed by atoms with Gasteiger partial charge in [-0.1, -0.05) is 30.2 Å². The lowest BCUT2D eigenvalue weighted by Crippen LogP contribution is -2.52. The van der Waals surface area contributed by atoms with Crippen LogP contribution in [0, 0.1) is 23.7 Å². The lowest BCUT2D eigenvalue weighted by atomic mass is 9.95. The van der Waals surface area contributed by atoms with Crippen molar-refractivity contribution >= 4 is 5.91 Å². The van der Waals surface area contributed by atoms with Gasteiger partial charge in [0.25, 0.3) is 0 Å². The van der Waals surface area contributed by atoms with Gasteiger partial charge in [-0.15, -0.1) is 6.42 Å². The summed E-state index contributed by atoms with van der Waals surface area (Å²) in [5.41, 5.74) is 2.42. The number of carbonyl (C=O) groups excluding carboxylic acids is 1. The summed E-state index contributed by atoms with van der Waals surface area (Å²) in [7, 11) is 0. The summed E-state index contributed by atoms with van der Waals surface area (Å²) >= 11 is 0. The number of hydrogen-bond acceptors (Lipinski definition) is 3. The molecule has 1 aromatic carbocycles. The fraction of sp³-hybridized carbons (Fsp3) is 0.412. The summed E-state index contributed by atoms with van der Waals surface area (Å²) in [6.45, 7) is 0.679. The standard InChI is InChI=1S/C17H17N3O/c1-2-14-7-8-15(10-18)20(14)17(21)16-9-12-5-3-4-6-13(12)11-19-16/h1,3-6,14-16,19H,7-9,11H2/t14-,15-,16-/m0/s1. The van der Waals surface area contributed by atoms with Crippen molar-refractivity contribution in [2.45, 2.75) is 43.9 Å². The van der Waals surface area contributed by atoms with E-state index in [1.807, 2.05) is 12.1 Å². The van der Waals surface area contributed by atoms with Crippen molar-refractivity contribution in [1.29, 1.82) is 5.26 Å². The third-order valence-electron chi connectivity index (χ3n) is 4.36. The maximum Gasteiger partial charge on any atom is 0.242 e. The van der Waals surface area contributed by atoms with E-state index in [9.17, 15) is 10.1 Å². The van der Waals surface area contributed by atoms with Gasteiger partial charge >= 0.3 is 0 Å². The van der Waals surface area contributed by atoms with Crippen molar-refractivity contribution in [3.05, 3.63) is 35.4 Å². The van der Waals surface area contributed by atoms with Crippen LogP contribution in [-0.2, 0) is 17.8 Å². The van der Waals surface area contributed by atoms with Gasteiger partial charge < -0.3 is 10.2 Å². The van der Waals surface area contributed by atoms with Gasteiger partial charge in [-0.2, -0.15) is 5.26 Å². The molecule has 0 bridgehead atoms. The van der Waals surface area contributed by atoms with E-state index in [0.717, 1.165) is 0 Å². The van der Waals surface area contributed by atoms with Crippen molar-refractivity contribution < 1.29 is 4.79 Å². The van der Waals surface area contributed by atoms with Crippen LogP contribution < -0.4 is 5.32 Å². The van der Waals surface area contributed by atoms with E-state index in [4.69, 9.17) is 6.42 Å². The summed E-state index contributed by atoms with van der Waals surface area (Å²) in [5.74, 6) is 2.60. The highest BCUT2D eigenvalue weighted by Gasteiger charge is 2.39. The van der Waals surface area contributed by atoms with Crippen LogP contribution in [0.15, 0.2) is 24.3 Å². The lowest BCUT2D eigenvalue weighted by molar-refractivity contribution is -0.134. The van der Waals surface area contributed by atoms with Crippen LogP contribution in [0.3, 0.4) is 0 Å². The molecule has 1 fully saturated rings. The van der Waals surface area contributed by atoms with Gasteiger partial charge in [-0.05, 0) is 30.4 Å². The smallest absolute Gasteiger partial charge is 0.242 e. The van der Waals surface area contributed by atoms with Gasteiger partial charge in [0.1, 0.15) is 6.04 Å². The van der Waals surface area contributed by atoms with Crippen LogP contribution in [0.5, 0.6) is 0 Å². The number of carbonyl (C=O) groups is 1. The molecule has 2 heterocycles. The summed E-state index contributed by atoms with van der Waals surface area (Å²) < 4.78 is 0. The minimum absolute atomic E-state index is 0.0449. The van der Waals surface area contributed by atoms with E-state index in [1.165, 1.54) is 11.1 Å². The summed E-state index contributed by atoms with van der Waals surface area (Å²) in [4.78, 5) is 14.4. The summed E-state index contributed by atoms with van der Waals surface area (Å²) in [6, 6.07) is 9.39. The largest absolute Gasteiger partial charge is 0.311 e. The molecule has 1 N–H and O–H groups in total. The van der Waals surface area contributed by atoms with Crippen LogP contribution >= 0.6 is 0 Å². The normalized spacial score (nSPS) is 27.5. The van der Waals surface area contributed by atoms with Crippen LogP contribution in [0.2, 0.25) is 0 Å². The molecule has 0 unspecified atom stereocenters. The molecule has 3 rings (SSSR count). The maximum atomic E-state index is 12.8. The highest BCUT2D eigenvalue weighted by molar-refractivity contribution is 5.84. The first kappa shape index (κ1) is 13.7. The van der Waals surface area contributed by atoms with Gasteiger partial charge in [-0.25, -0.2) is 0 Å². The second-order valence-corrected chi connectivity index (χ2v) is 5.56. The van der Waals surface area contributed by atoms with Crippen LogP contribution in [0.4, 0.5) is 0 Å². The highest BCUT2D eigenvalue weighted by atomic mass is 16.2. The molecule has 21 heavy (non-hydrogen) atoms. The topological polar surface area (TPSA) is 56.1 Å². The summed E-state index contributed by atoms with van der Waals surface area (Å²) in [6.07, 6.45) is 7.54. The maximum absolute atomic E-state index is 12.8. The Hall–Kier alpha value is -2.30. The van der Waals surface area contributed by atoms with Gasteiger partial charge in [0.2, 0.25) is 5.91 Å². The zero-order chi connectivity index (χ0) is 14.8. The fourth-order valence-corrected chi connectivity index (χ4v) is 3.22. The molecule has 4 nitrogen and oxygen atoms in total. The van der Waals surface area contributed by atoms with Crippen LogP contribution in [0.1, 0.15) is 24.0 Å². The Morgan fingerprint density at radius 1 is 1.29 bits per heavy atom. The van der Waals surface area contributed by atoms with Gasteiger partial charge in [0.15, 0.2) is 0 Å². The Bertz CT molecular complexity index is 618. The number of nitriles is 1. The third-order valence-corrected chi connectivity index (χ3v) is 4.36. The number of benzene rings is 1. The van der Waals surface area contributed by atoms with Crippen molar-refractivity contribution in [2.75, 3.05) is 0 Å². The number of hydrogen-bond donors (Lipinski definition) is 1. The van der Waals surface area contributed by atoms with Crippen molar-refractivity contribution in [2.24, 2.45) is 0 Å². The SMILES string of the molecule is C#C[C@H]1CC[C@@H](C#N)N1C(=O)[C@@H]1Cc2ccccc2CN1. The average Bonchev–Trinajstić information content (AvgIpc) is 2.96. The molecule has 0 spiro atoms. The van der Waals surface area contributed by atoms with E-state index < -0.39 is 6.04 Å². The van der Waals surface area contributed by atoms with Crippen molar-refractivity contribution in [3.63, 3.8) is 0 Å². The number of likely N-dealkylation sites (tertiary alicyclic amines) is 1. The Balaban J connectivity index is 1.80. The molecule has 2 aliphatic rings. The molecule has 0 aliphatic carbocycles. The Labute approximate surface area is 124 Å². The molecule has 1 aromatic rings. The van der Waals surface area contributed by atoms with Crippen molar-refractivity contribution in [1.82, 2.24) is 10.2 Å². The second-order valence-electron chi connectivity index (χ2n) is 5.56. The number of amides is 1. The molecule has 106 valence electrons. The van der Waals surface area contributed by atoms with E-state index in [-0.39, 0.29) is 18.0 Å². The molecular weight excluding hydrogens is 262 g/mol. The predicted octanol–water partition coefficient (Wildman–Crippen LogP) is 1.22. The zero-order valence-corrected chi connectivity index (χ0v) is 11.7. The number of rotatable bonds is 1. The van der Waals surface area contributed by atoms with E-state index >= 15 is 0 Å². The first-order valence-electron chi connectivity index (χ1n) is 7.22. The minimum Gasteiger partial charge on any atom is -0.311 e. The average molecular weight is 279 g/mol.